The van der Waals surface area contributed by atoms with Gasteiger partial charge in [-0.1, -0.05) is 90.1 Å². The van der Waals surface area contributed by atoms with E-state index < -0.39 is 16.6 Å². The summed E-state index contributed by atoms with van der Waals surface area (Å²) < 4.78 is 28.8. The van der Waals surface area contributed by atoms with Crippen LogP contribution in [-0.4, -0.2) is 55.0 Å². The number of anilines is 2. The quantitative estimate of drug-likeness (QED) is 0.159. The smallest absolute Gasteiger partial charge is 0.247 e. The van der Waals surface area contributed by atoms with E-state index in [2.05, 4.69) is 73.0 Å². The number of nitrogens with zero attached hydrogens (tertiary/aromatic N) is 4. The van der Waals surface area contributed by atoms with Crippen molar-refractivity contribution in [3.8, 4) is 5.88 Å². The van der Waals surface area contributed by atoms with E-state index in [1.54, 1.807) is 6.33 Å². The summed E-state index contributed by atoms with van der Waals surface area (Å²) in [7, 11) is -4.11. The van der Waals surface area contributed by atoms with Crippen LogP contribution in [0.25, 0.3) is 11.2 Å². The summed E-state index contributed by atoms with van der Waals surface area (Å²) >= 11 is 0. The Morgan fingerprint density at radius 3 is 2.13 bits per heavy atom. The minimum Gasteiger partial charge on any atom is -0.471 e. The minimum absolute atomic E-state index is 0.0633. The molecule has 5 rings (SSSR count). The predicted molar refractivity (Wildman–Crippen MR) is 190 cm³/mol. The van der Waals surface area contributed by atoms with Crippen molar-refractivity contribution in [3.63, 3.8) is 0 Å². The first-order chi connectivity index (χ1) is 21.5. The summed E-state index contributed by atoms with van der Waals surface area (Å²) in [6.07, 6.45) is 1.77. The van der Waals surface area contributed by atoms with Crippen molar-refractivity contribution in [2.45, 2.75) is 109 Å². The van der Waals surface area contributed by atoms with E-state index in [1.807, 2.05) is 65.2 Å². The van der Waals surface area contributed by atoms with Crippen LogP contribution in [-0.2, 0) is 20.2 Å². The van der Waals surface area contributed by atoms with E-state index in [1.165, 1.54) is 0 Å². The second-order valence-electron chi connectivity index (χ2n) is 15.3. The summed E-state index contributed by atoms with van der Waals surface area (Å²) in [5.41, 5.74) is 3.14. The van der Waals surface area contributed by atoms with Crippen LogP contribution in [0.2, 0.25) is 36.3 Å². The molecule has 1 N–H and O–H groups in total. The average molecular weight is 662 g/mol. The van der Waals surface area contributed by atoms with E-state index in [9.17, 15) is 0 Å². The van der Waals surface area contributed by atoms with Gasteiger partial charge >= 0.3 is 0 Å². The van der Waals surface area contributed by atoms with Gasteiger partial charge in [0.25, 0.3) is 0 Å². The van der Waals surface area contributed by atoms with Gasteiger partial charge in [-0.2, -0.15) is 9.97 Å². The van der Waals surface area contributed by atoms with Crippen molar-refractivity contribution >= 4 is 39.4 Å². The summed E-state index contributed by atoms with van der Waals surface area (Å²) in [6, 6.07) is 19.9. The fourth-order valence-electron chi connectivity index (χ4n) is 4.84. The maximum Gasteiger partial charge on any atom is 0.247 e. The molecule has 0 saturated carbocycles. The number of rotatable bonds is 11. The second-order valence-corrected chi connectivity index (χ2v) is 24.9. The fraction of sp³-hybridized carbons (Fsp3) is 0.514. The molecule has 248 valence electrons. The van der Waals surface area contributed by atoms with Crippen LogP contribution >= 0.6 is 0 Å². The second kappa shape index (κ2) is 13.2. The van der Waals surface area contributed by atoms with Gasteiger partial charge in [0.15, 0.2) is 27.8 Å². The molecule has 46 heavy (non-hydrogen) atoms. The lowest BCUT2D eigenvalue weighted by Gasteiger charge is -2.40. The molecule has 4 aromatic rings. The van der Waals surface area contributed by atoms with Gasteiger partial charge in [0.05, 0.1) is 19.0 Å². The third-order valence-corrected chi connectivity index (χ3v) is 18.8. The third kappa shape index (κ3) is 7.71. The largest absolute Gasteiger partial charge is 0.471 e. The summed E-state index contributed by atoms with van der Waals surface area (Å²) in [5.74, 6) is 0.837. The van der Waals surface area contributed by atoms with Crippen molar-refractivity contribution in [2.75, 3.05) is 11.9 Å². The van der Waals surface area contributed by atoms with Crippen LogP contribution in [0.15, 0.2) is 67.0 Å². The summed E-state index contributed by atoms with van der Waals surface area (Å²) in [5, 5.41) is 3.50. The molecule has 1 aliphatic heterocycles. The number of ether oxygens (including phenoxy) is 2. The van der Waals surface area contributed by atoms with Crippen LogP contribution in [0, 0.1) is 0 Å². The first kappa shape index (κ1) is 34.2. The standard InChI is InChI=1S/C35H51N5O4Si2/c1-34(2,3)45(7,8)42-23-28-27(44-46(9,10)35(4,5)6)21-29(43-28)40-24-36-30-31(40)38-33(37-26-19-15-12-16-20-26)39-32(30)41-22-25-17-13-11-14-18-25/h11-20,24,27-29H,21-23H2,1-10H3,(H,37,38,39)/t27-,28+,29+/m0/s1. The average Bonchev–Trinajstić information content (AvgIpc) is 3.58. The van der Waals surface area contributed by atoms with Gasteiger partial charge < -0.3 is 23.6 Å². The predicted octanol–water partition coefficient (Wildman–Crippen LogP) is 8.85. The number of hydrogen-bond acceptors (Lipinski definition) is 8. The van der Waals surface area contributed by atoms with Crippen LogP contribution in [0.4, 0.5) is 11.6 Å². The van der Waals surface area contributed by atoms with Crippen molar-refractivity contribution < 1.29 is 18.3 Å². The highest BCUT2D eigenvalue weighted by Crippen LogP contribution is 2.43. The molecule has 3 atom stereocenters. The van der Waals surface area contributed by atoms with Crippen LogP contribution in [0.5, 0.6) is 5.88 Å². The van der Waals surface area contributed by atoms with Gasteiger partial charge in [-0.25, -0.2) is 4.98 Å². The van der Waals surface area contributed by atoms with Crippen LogP contribution in [0.1, 0.15) is 59.8 Å². The van der Waals surface area contributed by atoms with Crippen molar-refractivity contribution in [1.82, 2.24) is 19.5 Å². The van der Waals surface area contributed by atoms with Gasteiger partial charge in [-0.15, -0.1) is 0 Å². The number of imidazole rings is 1. The number of nitrogens with one attached hydrogen (secondary N) is 1. The topological polar surface area (TPSA) is 92.6 Å². The van der Waals surface area contributed by atoms with E-state index >= 15 is 0 Å². The number of aromatic nitrogens is 4. The molecule has 9 nitrogen and oxygen atoms in total. The van der Waals surface area contributed by atoms with Gasteiger partial charge in [0.1, 0.15) is 18.9 Å². The van der Waals surface area contributed by atoms with Crippen molar-refractivity contribution in [3.05, 3.63) is 72.6 Å². The Kier molecular flexibility index (Phi) is 9.82. The number of hydrogen-bond donors (Lipinski definition) is 1. The Morgan fingerprint density at radius 1 is 0.870 bits per heavy atom. The number of para-hydroxylation sites is 1. The van der Waals surface area contributed by atoms with Crippen LogP contribution in [0.3, 0.4) is 0 Å². The zero-order valence-electron chi connectivity index (χ0n) is 29.1. The molecule has 2 aromatic carbocycles. The zero-order valence-corrected chi connectivity index (χ0v) is 31.1. The first-order valence-corrected chi connectivity index (χ1v) is 22.1. The van der Waals surface area contributed by atoms with E-state index in [0.29, 0.717) is 42.6 Å². The van der Waals surface area contributed by atoms with Gasteiger partial charge in [0, 0.05) is 12.1 Å². The maximum absolute atomic E-state index is 7.03. The molecule has 1 aliphatic rings. The molecule has 0 unspecified atom stereocenters. The SMILES string of the molecule is CC(C)(C)[Si](C)(C)OC[C@H]1O[C@@H](n2cnc3c(OCc4ccccc4)nc(Nc4ccccc4)nc32)C[C@@H]1O[Si](C)(C)C(C)(C)C. The molecule has 0 spiro atoms. The Bertz CT molecular complexity index is 1600. The molecule has 11 heteroatoms. The zero-order chi connectivity index (χ0) is 33.3. The highest BCUT2D eigenvalue weighted by molar-refractivity contribution is 6.74. The molecule has 0 amide bonds. The van der Waals surface area contributed by atoms with Crippen LogP contribution < -0.4 is 10.1 Å². The molecular weight excluding hydrogens is 611 g/mol. The molecule has 0 aliphatic carbocycles. The molecule has 1 fully saturated rings. The molecule has 2 aromatic heterocycles. The molecule has 0 bridgehead atoms. The van der Waals surface area contributed by atoms with Gasteiger partial charge in [-0.05, 0) is 54.0 Å². The van der Waals surface area contributed by atoms with Crippen molar-refractivity contribution in [2.24, 2.45) is 0 Å². The molecule has 0 radical (unpaired) electrons. The molecule has 3 heterocycles. The third-order valence-electron chi connectivity index (χ3n) is 9.80. The number of fused-ring (bicyclic) bond motifs is 1. The summed E-state index contributed by atoms with van der Waals surface area (Å²) in [4.78, 5) is 14.4. The lowest BCUT2D eigenvalue weighted by molar-refractivity contribution is -0.0383. The minimum atomic E-state index is -2.10. The maximum atomic E-state index is 7.03. The Balaban J connectivity index is 1.48. The highest BCUT2D eigenvalue weighted by atomic mass is 28.4. The summed E-state index contributed by atoms with van der Waals surface area (Å²) in [6.45, 7) is 23.6. The highest BCUT2D eigenvalue weighted by Gasteiger charge is 2.47. The van der Waals surface area contributed by atoms with E-state index in [4.69, 9.17) is 33.3 Å². The Labute approximate surface area is 276 Å². The monoisotopic (exact) mass is 661 g/mol. The number of benzene rings is 2. The Hall–Kier alpha value is -3.10. The normalized spacial score (nSPS) is 19.5. The molecule has 1 saturated heterocycles. The van der Waals surface area contributed by atoms with Gasteiger partial charge in [0.2, 0.25) is 11.8 Å². The van der Waals surface area contributed by atoms with E-state index in [-0.39, 0.29) is 28.5 Å². The molecular formula is C35H51N5O4Si2. The lowest BCUT2D eigenvalue weighted by Crippen LogP contribution is -2.48. The Morgan fingerprint density at radius 2 is 1.50 bits per heavy atom. The van der Waals surface area contributed by atoms with Crippen molar-refractivity contribution in [1.29, 1.82) is 0 Å². The fourth-order valence-corrected chi connectivity index (χ4v) is 7.21. The van der Waals surface area contributed by atoms with E-state index in [0.717, 1.165) is 11.3 Å². The lowest BCUT2D eigenvalue weighted by atomic mass is 10.2. The van der Waals surface area contributed by atoms with Gasteiger partial charge in [-0.3, -0.25) is 4.57 Å². The first-order valence-electron chi connectivity index (χ1n) is 16.2.